The molecule has 0 aliphatic rings. The molecule has 0 amide bonds. The highest BCUT2D eigenvalue weighted by atomic mass is 35.5. The second-order valence-corrected chi connectivity index (χ2v) is 6.83. The number of hydrazone groups is 1. The lowest BCUT2D eigenvalue weighted by atomic mass is 10.1. The number of hydrogen-bond acceptors (Lipinski definition) is 5. The van der Waals surface area contributed by atoms with Crippen LogP contribution in [0.5, 0.6) is 0 Å². The molecule has 0 saturated heterocycles. The van der Waals surface area contributed by atoms with Gasteiger partial charge in [-0.15, -0.1) is 0 Å². The molecular weight excluding hydrogens is 402 g/mol. The molecule has 3 aromatic carbocycles. The standard InChI is InChI=1S/C22H16ClN5O2/c23-18-7-4-8-19(13-18)25-24-14-17-15-27(20-9-11-21(12-10-20)28(29)30)26-22(17)16-5-2-1-3-6-16/h1-15,25H/b24-14+. The summed E-state index contributed by atoms with van der Waals surface area (Å²) in [6, 6.07) is 23.2. The first-order chi connectivity index (χ1) is 14.6. The van der Waals surface area contributed by atoms with Crippen molar-refractivity contribution in [1.82, 2.24) is 9.78 Å². The molecule has 4 rings (SSSR count). The van der Waals surface area contributed by atoms with Gasteiger partial charge in [0.05, 0.1) is 22.5 Å². The van der Waals surface area contributed by atoms with E-state index in [1.54, 1.807) is 35.2 Å². The van der Waals surface area contributed by atoms with Gasteiger partial charge in [-0.05, 0) is 30.3 Å². The van der Waals surface area contributed by atoms with Crippen LogP contribution < -0.4 is 5.43 Å². The molecule has 0 radical (unpaired) electrons. The van der Waals surface area contributed by atoms with Crippen LogP contribution in [0.4, 0.5) is 11.4 Å². The quantitative estimate of drug-likeness (QED) is 0.253. The molecule has 0 unspecified atom stereocenters. The average Bonchev–Trinajstić information content (AvgIpc) is 3.19. The molecule has 7 nitrogen and oxygen atoms in total. The Morgan fingerprint density at radius 1 is 1.03 bits per heavy atom. The summed E-state index contributed by atoms with van der Waals surface area (Å²) in [5.41, 5.74) is 6.92. The van der Waals surface area contributed by atoms with Crippen LogP contribution in [0.15, 0.2) is 90.2 Å². The zero-order valence-corrected chi connectivity index (χ0v) is 16.4. The van der Waals surface area contributed by atoms with Crippen LogP contribution in [-0.2, 0) is 0 Å². The van der Waals surface area contributed by atoms with Crippen molar-refractivity contribution in [3.05, 3.63) is 106 Å². The minimum atomic E-state index is -0.429. The largest absolute Gasteiger partial charge is 0.278 e. The fraction of sp³-hybridized carbons (Fsp3) is 0. The SMILES string of the molecule is O=[N+]([O-])c1ccc(-n2cc(/C=N/Nc3cccc(Cl)c3)c(-c3ccccc3)n2)cc1. The Balaban J connectivity index is 1.67. The van der Waals surface area contributed by atoms with E-state index in [0.717, 1.165) is 22.5 Å². The van der Waals surface area contributed by atoms with Crippen LogP contribution in [0.2, 0.25) is 5.02 Å². The van der Waals surface area contributed by atoms with Gasteiger partial charge >= 0.3 is 0 Å². The maximum atomic E-state index is 10.9. The third-order valence-electron chi connectivity index (χ3n) is 4.34. The number of nitrogens with one attached hydrogen (secondary N) is 1. The first-order valence-electron chi connectivity index (χ1n) is 9.05. The van der Waals surface area contributed by atoms with Crippen molar-refractivity contribution in [3.8, 4) is 16.9 Å². The van der Waals surface area contributed by atoms with E-state index in [0.29, 0.717) is 10.7 Å². The lowest BCUT2D eigenvalue weighted by Gasteiger charge is -2.01. The lowest BCUT2D eigenvalue weighted by molar-refractivity contribution is -0.384. The van der Waals surface area contributed by atoms with Crippen LogP contribution in [-0.4, -0.2) is 20.9 Å². The minimum Gasteiger partial charge on any atom is -0.278 e. The van der Waals surface area contributed by atoms with Gasteiger partial charge in [-0.2, -0.15) is 10.2 Å². The third-order valence-corrected chi connectivity index (χ3v) is 4.57. The summed E-state index contributed by atoms with van der Waals surface area (Å²) in [5, 5.41) is 20.5. The molecule has 30 heavy (non-hydrogen) atoms. The second kappa shape index (κ2) is 8.59. The monoisotopic (exact) mass is 417 g/mol. The Hall–Kier alpha value is -3.97. The van der Waals surface area contributed by atoms with E-state index in [1.165, 1.54) is 12.1 Å². The average molecular weight is 418 g/mol. The summed E-state index contributed by atoms with van der Waals surface area (Å²) in [5.74, 6) is 0. The Labute approximate surface area is 177 Å². The highest BCUT2D eigenvalue weighted by Gasteiger charge is 2.12. The molecule has 1 N–H and O–H groups in total. The first-order valence-corrected chi connectivity index (χ1v) is 9.42. The highest BCUT2D eigenvalue weighted by molar-refractivity contribution is 6.30. The van der Waals surface area contributed by atoms with Gasteiger partial charge in [0, 0.05) is 34.5 Å². The predicted octanol–water partition coefficient (Wildman–Crippen LogP) is 5.55. The highest BCUT2D eigenvalue weighted by Crippen LogP contribution is 2.23. The summed E-state index contributed by atoms with van der Waals surface area (Å²) < 4.78 is 1.67. The van der Waals surface area contributed by atoms with Crippen molar-refractivity contribution in [2.75, 3.05) is 5.43 Å². The molecule has 0 atom stereocenters. The van der Waals surface area contributed by atoms with Crippen LogP contribution in [0, 0.1) is 10.1 Å². The number of nitro benzene ring substituents is 1. The van der Waals surface area contributed by atoms with E-state index in [-0.39, 0.29) is 5.69 Å². The van der Waals surface area contributed by atoms with E-state index < -0.39 is 4.92 Å². The number of non-ortho nitro benzene ring substituents is 1. The maximum absolute atomic E-state index is 10.9. The number of nitro groups is 1. The molecule has 148 valence electrons. The van der Waals surface area contributed by atoms with Gasteiger partial charge in [-0.25, -0.2) is 4.68 Å². The van der Waals surface area contributed by atoms with Gasteiger partial charge in [0.15, 0.2) is 0 Å². The molecule has 0 spiro atoms. The number of rotatable bonds is 6. The number of hydrogen-bond donors (Lipinski definition) is 1. The van der Waals surface area contributed by atoms with Crippen LogP contribution in [0.25, 0.3) is 16.9 Å². The number of anilines is 1. The van der Waals surface area contributed by atoms with Gasteiger partial charge in [-0.1, -0.05) is 48.0 Å². The first kappa shape index (κ1) is 19.4. The van der Waals surface area contributed by atoms with Crippen molar-refractivity contribution in [2.45, 2.75) is 0 Å². The van der Waals surface area contributed by atoms with Gasteiger partial charge < -0.3 is 0 Å². The number of benzene rings is 3. The Morgan fingerprint density at radius 2 is 1.80 bits per heavy atom. The van der Waals surface area contributed by atoms with E-state index in [1.807, 2.05) is 48.7 Å². The molecule has 0 saturated carbocycles. The summed E-state index contributed by atoms with van der Waals surface area (Å²) in [7, 11) is 0. The smallest absolute Gasteiger partial charge is 0.269 e. The van der Waals surface area contributed by atoms with E-state index in [4.69, 9.17) is 11.6 Å². The Bertz CT molecular complexity index is 1200. The molecule has 0 bridgehead atoms. The number of aromatic nitrogens is 2. The molecule has 4 aromatic rings. The molecule has 8 heteroatoms. The van der Waals surface area contributed by atoms with E-state index >= 15 is 0 Å². The summed E-state index contributed by atoms with van der Waals surface area (Å²) in [4.78, 5) is 10.5. The van der Waals surface area contributed by atoms with Gasteiger partial charge in [0.1, 0.15) is 5.69 Å². The van der Waals surface area contributed by atoms with E-state index in [9.17, 15) is 10.1 Å². The number of nitrogens with zero attached hydrogens (tertiary/aromatic N) is 4. The summed E-state index contributed by atoms with van der Waals surface area (Å²) >= 11 is 6.00. The van der Waals surface area contributed by atoms with Crippen molar-refractivity contribution < 1.29 is 4.92 Å². The second-order valence-electron chi connectivity index (χ2n) is 6.40. The van der Waals surface area contributed by atoms with Crippen molar-refractivity contribution in [1.29, 1.82) is 0 Å². The molecular formula is C22H16ClN5O2. The fourth-order valence-electron chi connectivity index (χ4n) is 2.90. The van der Waals surface area contributed by atoms with Gasteiger partial charge in [0.25, 0.3) is 5.69 Å². The molecule has 0 fully saturated rings. The summed E-state index contributed by atoms with van der Waals surface area (Å²) in [6.07, 6.45) is 3.50. The number of halogens is 1. The molecule has 0 aliphatic heterocycles. The Morgan fingerprint density at radius 3 is 2.50 bits per heavy atom. The van der Waals surface area contributed by atoms with Crippen molar-refractivity contribution in [3.63, 3.8) is 0 Å². The molecule has 1 aromatic heterocycles. The molecule has 0 aliphatic carbocycles. The van der Waals surface area contributed by atoms with Gasteiger partial charge in [-0.3, -0.25) is 15.5 Å². The zero-order valence-electron chi connectivity index (χ0n) is 15.6. The third kappa shape index (κ3) is 4.37. The van der Waals surface area contributed by atoms with Crippen molar-refractivity contribution >= 4 is 29.2 Å². The zero-order chi connectivity index (χ0) is 20.9. The maximum Gasteiger partial charge on any atom is 0.269 e. The Kier molecular flexibility index (Phi) is 5.54. The topological polar surface area (TPSA) is 85.3 Å². The summed E-state index contributed by atoms with van der Waals surface area (Å²) in [6.45, 7) is 0. The lowest BCUT2D eigenvalue weighted by Crippen LogP contribution is -1.95. The minimum absolute atomic E-state index is 0.0293. The van der Waals surface area contributed by atoms with Crippen LogP contribution >= 0.6 is 11.6 Å². The van der Waals surface area contributed by atoms with Gasteiger partial charge in [0.2, 0.25) is 0 Å². The van der Waals surface area contributed by atoms with Crippen LogP contribution in [0.3, 0.4) is 0 Å². The van der Waals surface area contributed by atoms with Crippen molar-refractivity contribution in [2.24, 2.45) is 5.10 Å². The normalized spacial score (nSPS) is 11.0. The predicted molar refractivity (Wildman–Crippen MR) is 118 cm³/mol. The van der Waals surface area contributed by atoms with Crippen LogP contribution in [0.1, 0.15) is 5.56 Å². The van der Waals surface area contributed by atoms with E-state index in [2.05, 4.69) is 15.6 Å². The fourth-order valence-corrected chi connectivity index (χ4v) is 3.09. The molecule has 1 heterocycles.